The number of nitrogens with one attached hydrogen (secondary N) is 1. The Hall–Kier alpha value is -1.80. The van der Waals surface area contributed by atoms with E-state index in [0.29, 0.717) is 0 Å². The lowest BCUT2D eigenvalue weighted by molar-refractivity contribution is 0.414. The zero-order chi connectivity index (χ0) is 15.4. The molecule has 2 heteroatoms. The molecule has 0 radical (unpaired) electrons. The molecule has 21 heavy (non-hydrogen) atoms. The predicted molar refractivity (Wildman–Crippen MR) is 89.2 cm³/mol. The Bertz CT molecular complexity index is 602. The Morgan fingerprint density at radius 1 is 0.952 bits per heavy atom. The maximum Gasteiger partial charge on any atom is 0.118 e. The van der Waals surface area contributed by atoms with Crippen molar-refractivity contribution in [1.82, 2.24) is 5.32 Å². The van der Waals surface area contributed by atoms with Gasteiger partial charge in [-0.25, -0.2) is 0 Å². The first-order valence-electron chi connectivity index (χ1n) is 7.52. The molecule has 1 atom stereocenters. The third-order valence-corrected chi connectivity index (χ3v) is 4.05. The minimum absolute atomic E-state index is 0.222. The molecule has 2 aromatic rings. The Kier molecular flexibility index (Phi) is 5.03. The molecular formula is C19H25NO. The van der Waals surface area contributed by atoms with Gasteiger partial charge in [-0.3, -0.25) is 0 Å². The molecule has 0 saturated carbocycles. The summed E-state index contributed by atoms with van der Waals surface area (Å²) in [6.07, 6.45) is 0. The quantitative estimate of drug-likeness (QED) is 0.882. The van der Waals surface area contributed by atoms with E-state index in [0.717, 1.165) is 12.3 Å². The first-order valence-corrected chi connectivity index (χ1v) is 7.52. The van der Waals surface area contributed by atoms with E-state index in [-0.39, 0.29) is 6.04 Å². The molecule has 2 aromatic carbocycles. The molecule has 0 aliphatic heterocycles. The fourth-order valence-corrected chi connectivity index (χ4v) is 2.70. The Morgan fingerprint density at radius 2 is 1.57 bits per heavy atom. The second-order valence-electron chi connectivity index (χ2n) is 5.56. The normalized spacial score (nSPS) is 12.2. The first-order chi connectivity index (χ1) is 10.1. The second-order valence-corrected chi connectivity index (χ2v) is 5.56. The number of ether oxygens (including phenoxy) is 1. The number of hydrogen-bond donors (Lipinski definition) is 1. The lowest BCUT2D eigenvalue weighted by atomic mass is 9.91. The molecular weight excluding hydrogens is 258 g/mol. The van der Waals surface area contributed by atoms with Gasteiger partial charge in [0.15, 0.2) is 0 Å². The van der Waals surface area contributed by atoms with Crippen molar-refractivity contribution in [3.63, 3.8) is 0 Å². The fourth-order valence-electron chi connectivity index (χ4n) is 2.70. The minimum atomic E-state index is 0.222. The first kappa shape index (κ1) is 15.6. The largest absolute Gasteiger partial charge is 0.497 e. The molecule has 0 aromatic heterocycles. The number of aryl methyl sites for hydroxylation is 3. The van der Waals surface area contributed by atoms with Crippen molar-refractivity contribution in [2.75, 3.05) is 13.7 Å². The highest BCUT2D eigenvalue weighted by molar-refractivity contribution is 5.43. The molecule has 0 fully saturated rings. The molecule has 0 amide bonds. The van der Waals surface area contributed by atoms with Crippen molar-refractivity contribution >= 4 is 0 Å². The summed E-state index contributed by atoms with van der Waals surface area (Å²) in [5.74, 6) is 0.894. The van der Waals surface area contributed by atoms with E-state index in [2.05, 4.69) is 57.3 Å². The number of methoxy groups -OCH3 is 1. The number of hydrogen-bond acceptors (Lipinski definition) is 2. The molecule has 0 bridgehead atoms. The Balaban J connectivity index is 2.44. The Morgan fingerprint density at radius 3 is 2.14 bits per heavy atom. The van der Waals surface area contributed by atoms with Gasteiger partial charge in [-0.05, 0) is 67.3 Å². The van der Waals surface area contributed by atoms with Crippen LogP contribution < -0.4 is 10.1 Å². The minimum Gasteiger partial charge on any atom is -0.497 e. The lowest BCUT2D eigenvalue weighted by Gasteiger charge is -2.22. The highest BCUT2D eigenvalue weighted by Gasteiger charge is 2.16. The topological polar surface area (TPSA) is 21.3 Å². The average molecular weight is 283 g/mol. The summed E-state index contributed by atoms with van der Waals surface area (Å²) in [5, 5.41) is 3.60. The van der Waals surface area contributed by atoms with E-state index in [4.69, 9.17) is 4.74 Å². The van der Waals surface area contributed by atoms with Crippen LogP contribution in [0.3, 0.4) is 0 Å². The lowest BCUT2D eigenvalue weighted by Crippen LogP contribution is -2.23. The van der Waals surface area contributed by atoms with Crippen LogP contribution in [-0.4, -0.2) is 13.7 Å². The van der Waals surface area contributed by atoms with Crippen LogP contribution in [0.25, 0.3) is 0 Å². The second kappa shape index (κ2) is 6.77. The zero-order valence-corrected chi connectivity index (χ0v) is 13.7. The Labute approximate surface area is 128 Å². The molecule has 1 N–H and O–H groups in total. The maximum absolute atomic E-state index is 5.25. The van der Waals surface area contributed by atoms with E-state index < -0.39 is 0 Å². The van der Waals surface area contributed by atoms with Crippen molar-refractivity contribution in [3.05, 3.63) is 64.2 Å². The van der Waals surface area contributed by atoms with Crippen LogP contribution in [0.2, 0.25) is 0 Å². The fraction of sp³-hybridized carbons (Fsp3) is 0.368. The highest BCUT2D eigenvalue weighted by Crippen LogP contribution is 2.28. The molecule has 1 unspecified atom stereocenters. The monoisotopic (exact) mass is 283 g/mol. The van der Waals surface area contributed by atoms with Gasteiger partial charge in [0.1, 0.15) is 5.75 Å². The van der Waals surface area contributed by atoms with Gasteiger partial charge in [0.25, 0.3) is 0 Å². The van der Waals surface area contributed by atoms with Gasteiger partial charge in [-0.15, -0.1) is 0 Å². The summed E-state index contributed by atoms with van der Waals surface area (Å²) < 4.78 is 5.25. The van der Waals surface area contributed by atoms with E-state index in [1.807, 2.05) is 12.1 Å². The average Bonchev–Trinajstić information content (AvgIpc) is 2.49. The molecule has 2 rings (SSSR count). The standard InChI is InChI=1S/C19H25NO/c1-6-20-19(16-7-9-17(21-5)10-8-16)18-12-14(3)13(2)11-15(18)4/h7-12,19-20H,6H2,1-5H3. The van der Waals surface area contributed by atoms with Crippen molar-refractivity contribution in [3.8, 4) is 5.75 Å². The van der Waals surface area contributed by atoms with Gasteiger partial charge in [0.2, 0.25) is 0 Å². The summed E-state index contributed by atoms with van der Waals surface area (Å²) in [6, 6.07) is 13.1. The summed E-state index contributed by atoms with van der Waals surface area (Å²) in [4.78, 5) is 0. The third-order valence-electron chi connectivity index (χ3n) is 4.05. The molecule has 112 valence electrons. The van der Waals surface area contributed by atoms with Crippen molar-refractivity contribution in [2.24, 2.45) is 0 Å². The number of rotatable bonds is 5. The summed E-state index contributed by atoms with van der Waals surface area (Å²) in [7, 11) is 1.70. The molecule has 0 spiro atoms. The van der Waals surface area contributed by atoms with E-state index in [9.17, 15) is 0 Å². The molecule has 0 saturated heterocycles. The van der Waals surface area contributed by atoms with Gasteiger partial charge < -0.3 is 10.1 Å². The van der Waals surface area contributed by atoms with Gasteiger partial charge in [-0.2, -0.15) is 0 Å². The van der Waals surface area contributed by atoms with Crippen molar-refractivity contribution in [1.29, 1.82) is 0 Å². The molecule has 0 aliphatic carbocycles. The van der Waals surface area contributed by atoms with Crippen molar-refractivity contribution in [2.45, 2.75) is 33.7 Å². The van der Waals surface area contributed by atoms with E-state index in [1.54, 1.807) is 7.11 Å². The van der Waals surface area contributed by atoms with Gasteiger partial charge >= 0.3 is 0 Å². The van der Waals surface area contributed by atoms with Crippen LogP contribution in [0, 0.1) is 20.8 Å². The molecule has 0 aliphatic rings. The van der Waals surface area contributed by atoms with Gasteiger partial charge in [-0.1, -0.05) is 31.2 Å². The highest BCUT2D eigenvalue weighted by atomic mass is 16.5. The van der Waals surface area contributed by atoms with Crippen LogP contribution in [0.15, 0.2) is 36.4 Å². The van der Waals surface area contributed by atoms with Gasteiger partial charge in [0, 0.05) is 0 Å². The van der Waals surface area contributed by atoms with E-state index >= 15 is 0 Å². The molecule has 2 nitrogen and oxygen atoms in total. The zero-order valence-electron chi connectivity index (χ0n) is 13.7. The molecule has 0 heterocycles. The van der Waals surface area contributed by atoms with E-state index in [1.165, 1.54) is 27.8 Å². The number of benzene rings is 2. The van der Waals surface area contributed by atoms with Gasteiger partial charge in [0.05, 0.1) is 13.2 Å². The van der Waals surface area contributed by atoms with Crippen LogP contribution in [-0.2, 0) is 0 Å². The SMILES string of the molecule is CCNC(c1ccc(OC)cc1)c1cc(C)c(C)cc1C. The van der Waals surface area contributed by atoms with Crippen LogP contribution in [0.5, 0.6) is 5.75 Å². The maximum atomic E-state index is 5.25. The van der Waals surface area contributed by atoms with Crippen LogP contribution in [0.4, 0.5) is 0 Å². The summed E-state index contributed by atoms with van der Waals surface area (Å²) in [5.41, 5.74) is 6.64. The van der Waals surface area contributed by atoms with Crippen LogP contribution in [0.1, 0.15) is 40.8 Å². The predicted octanol–water partition coefficient (Wildman–Crippen LogP) is 4.32. The van der Waals surface area contributed by atoms with Crippen molar-refractivity contribution < 1.29 is 4.74 Å². The third kappa shape index (κ3) is 3.45. The van der Waals surface area contributed by atoms with Crippen LogP contribution >= 0.6 is 0 Å². The summed E-state index contributed by atoms with van der Waals surface area (Å²) >= 11 is 0. The summed E-state index contributed by atoms with van der Waals surface area (Å²) in [6.45, 7) is 9.61. The smallest absolute Gasteiger partial charge is 0.118 e.